The number of benzene rings is 1. The van der Waals surface area contributed by atoms with Crippen LogP contribution in [-0.4, -0.2) is 18.8 Å². The van der Waals surface area contributed by atoms with Crippen LogP contribution in [0.2, 0.25) is 0 Å². The lowest BCUT2D eigenvalue weighted by atomic mass is 9.91. The van der Waals surface area contributed by atoms with Gasteiger partial charge in [-0.2, -0.15) is 0 Å². The van der Waals surface area contributed by atoms with Gasteiger partial charge in [-0.25, -0.2) is 0 Å². The second kappa shape index (κ2) is 6.02. The minimum atomic E-state index is -0.792. The fourth-order valence-corrected chi connectivity index (χ4v) is 1.80. The Bertz CT molecular complexity index is 318. The maximum Gasteiger partial charge on any atom is 0.0890 e. The summed E-state index contributed by atoms with van der Waals surface area (Å²) in [6.07, 6.45) is 2.82. The van der Waals surface area contributed by atoms with Crippen LogP contribution in [0.1, 0.15) is 37.8 Å². The minimum Gasteiger partial charge on any atom is -0.385 e. The van der Waals surface area contributed by atoms with Gasteiger partial charge < -0.3 is 9.84 Å². The van der Waals surface area contributed by atoms with Crippen LogP contribution in [0.15, 0.2) is 24.3 Å². The molecule has 0 aromatic heterocycles. The lowest BCUT2D eigenvalue weighted by Crippen LogP contribution is -2.23. The predicted octanol–water partition coefficient (Wildman–Crippen LogP) is 2.88. The summed E-state index contributed by atoms with van der Waals surface area (Å²) < 4.78 is 5.02. The number of hydrogen-bond donors (Lipinski definition) is 1. The SMILES string of the molecule is CCCc1cccc(C(C)(O)CCOC)c1. The molecule has 1 aromatic rings. The van der Waals surface area contributed by atoms with E-state index in [1.54, 1.807) is 7.11 Å². The number of hydrogen-bond acceptors (Lipinski definition) is 2. The Hall–Kier alpha value is -0.860. The van der Waals surface area contributed by atoms with E-state index in [0.717, 1.165) is 18.4 Å². The van der Waals surface area contributed by atoms with E-state index >= 15 is 0 Å². The van der Waals surface area contributed by atoms with Gasteiger partial charge in [0.15, 0.2) is 0 Å². The van der Waals surface area contributed by atoms with Gasteiger partial charge in [0, 0.05) is 20.1 Å². The topological polar surface area (TPSA) is 29.5 Å². The largest absolute Gasteiger partial charge is 0.385 e. The summed E-state index contributed by atoms with van der Waals surface area (Å²) in [5.74, 6) is 0. The molecule has 0 amide bonds. The Kier molecular flexibility index (Phi) is 4.97. The van der Waals surface area contributed by atoms with E-state index < -0.39 is 5.60 Å². The molecule has 0 aliphatic heterocycles. The fourth-order valence-electron chi connectivity index (χ4n) is 1.80. The number of aliphatic hydroxyl groups is 1. The molecule has 1 atom stereocenters. The summed E-state index contributed by atoms with van der Waals surface area (Å²) in [6.45, 7) is 4.58. The van der Waals surface area contributed by atoms with Gasteiger partial charge in [0.1, 0.15) is 0 Å². The van der Waals surface area contributed by atoms with E-state index in [9.17, 15) is 5.11 Å². The number of aryl methyl sites for hydroxylation is 1. The van der Waals surface area contributed by atoms with E-state index in [4.69, 9.17) is 4.74 Å². The highest BCUT2D eigenvalue weighted by atomic mass is 16.5. The Morgan fingerprint density at radius 3 is 2.75 bits per heavy atom. The summed E-state index contributed by atoms with van der Waals surface area (Å²) in [6, 6.07) is 8.20. The molecule has 0 spiro atoms. The molecule has 0 aliphatic carbocycles. The molecule has 0 saturated heterocycles. The predicted molar refractivity (Wildman–Crippen MR) is 66.5 cm³/mol. The van der Waals surface area contributed by atoms with Crippen LogP contribution in [0.5, 0.6) is 0 Å². The van der Waals surface area contributed by atoms with Crippen LogP contribution in [-0.2, 0) is 16.8 Å². The molecule has 0 radical (unpaired) electrons. The third-order valence-corrected chi connectivity index (χ3v) is 2.88. The fraction of sp³-hybridized carbons (Fsp3) is 0.571. The zero-order valence-corrected chi connectivity index (χ0v) is 10.5. The van der Waals surface area contributed by atoms with Gasteiger partial charge in [-0.3, -0.25) is 0 Å². The molecule has 0 fully saturated rings. The maximum atomic E-state index is 10.3. The number of rotatable bonds is 6. The first-order valence-electron chi connectivity index (χ1n) is 5.91. The van der Waals surface area contributed by atoms with Gasteiger partial charge in [-0.05, 0) is 24.5 Å². The molecule has 16 heavy (non-hydrogen) atoms. The first-order chi connectivity index (χ1) is 7.60. The van der Waals surface area contributed by atoms with Crippen molar-refractivity contribution in [2.45, 2.75) is 38.7 Å². The van der Waals surface area contributed by atoms with Crippen molar-refractivity contribution in [1.29, 1.82) is 0 Å². The average Bonchev–Trinajstić information content (AvgIpc) is 2.27. The van der Waals surface area contributed by atoms with E-state index in [1.165, 1.54) is 5.56 Å². The van der Waals surface area contributed by atoms with Gasteiger partial charge in [-0.1, -0.05) is 37.6 Å². The quantitative estimate of drug-likeness (QED) is 0.802. The van der Waals surface area contributed by atoms with Crippen molar-refractivity contribution in [2.24, 2.45) is 0 Å². The van der Waals surface area contributed by atoms with Crippen molar-refractivity contribution < 1.29 is 9.84 Å². The number of ether oxygens (including phenoxy) is 1. The third-order valence-electron chi connectivity index (χ3n) is 2.88. The highest BCUT2D eigenvalue weighted by Crippen LogP contribution is 2.25. The van der Waals surface area contributed by atoms with Gasteiger partial charge in [-0.15, -0.1) is 0 Å². The standard InChI is InChI=1S/C14H22O2/c1-4-6-12-7-5-8-13(11-12)14(2,15)9-10-16-3/h5,7-8,11,15H,4,6,9-10H2,1-3H3. The van der Waals surface area contributed by atoms with Crippen molar-refractivity contribution >= 4 is 0 Å². The second-order valence-electron chi connectivity index (χ2n) is 4.47. The average molecular weight is 222 g/mol. The molecular weight excluding hydrogens is 200 g/mol. The Morgan fingerprint density at radius 2 is 2.12 bits per heavy atom. The molecule has 1 aromatic carbocycles. The van der Waals surface area contributed by atoms with Crippen molar-refractivity contribution in [3.63, 3.8) is 0 Å². The zero-order chi connectivity index (χ0) is 12.0. The normalized spacial score (nSPS) is 14.8. The molecule has 1 rings (SSSR count). The van der Waals surface area contributed by atoms with E-state index in [1.807, 2.05) is 19.1 Å². The van der Waals surface area contributed by atoms with Crippen LogP contribution in [0, 0.1) is 0 Å². The Labute approximate surface area is 98.3 Å². The lowest BCUT2D eigenvalue weighted by molar-refractivity contribution is 0.0210. The summed E-state index contributed by atoms with van der Waals surface area (Å²) >= 11 is 0. The molecule has 0 saturated carbocycles. The molecule has 2 nitrogen and oxygen atoms in total. The Morgan fingerprint density at radius 1 is 1.38 bits per heavy atom. The second-order valence-corrected chi connectivity index (χ2v) is 4.47. The summed E-state index contributed by atoms with van der Waals surface area (Å²) in [5.41, 5.74) is 1.48. The van der Waals surface area contributed by atoms with Gasteiger partial charge in [0.2, 0.25) is 0 Å². The van der Waals surface area contributed by atoms with Crippen molar-refractivity contribution in [2.75, 3.05) is 13.7 Å². The molecule has 0 heterocycles. The first kappa shape index (κ1) is 13.2. The van der Waals surface area contributed by atoms with Crippen molar-refractivity contribution in [3.8, 4) is 0 Å². The third kappa shape index (κ3) is 3.62. The molecule has 0 bridgehead atoms. The Balaban J connectivity index is 2.80. The van der Waals surface area contributed by atoms with Crippen LogP contribution >= 0.6 is 0 Å². The van der Waals surface area contributed by atoms with Gasteiger partial charge in [0.25, 0.3) is 0 Å². The summed E-state index contributed by atoms with van der Waals surface area (Å²) in [4.78, 5) is 0. The molecule has 1 N–H and O–H groups in total. The van der Waals surface area contributed by atoms with E-state index in [-0.39, 0.29) is 0 Å². The van der Waals surface area contributed by atoms with Crippen LogP contribution in [0.4, 0.5) is 0 Å². The lowest BCUT2D eigenvalue weighted by Gasteiger charge is -2.24. The summed E-state index contributed by atoms with van der Waals surface area (Å²) in [7, 11) is 1.66. The highest BCUT2D eigenvalue weighted by molar-refractivity contribution is 5.27. The number of methoxy groups -OCH3 is 1. The highest BCUT2D eigenvalue weighted by Gasteiger charge is 2.22. The molecule has 1 unspecified atom stereocenters. The van der Waals surface area contributed by atoms with Crippen LogP contribution in [0.3, 0.4) is 0 Å². The van der Waals surface area contributed by atoms with Gasteiger partial charge in [0.05, 0.1) is 5.60 Å². The van der Waals surface area contributed by atoms with Crippen LogP contribution < -0.4 is 0 Å². The van der Waals surface area contributed by atoms with Gasteiger partial charge >= 0.3 is 0 Å². The molecular formula is C14H22O2. The first-order valence-corrected chi connectivity index (χ1v) is 5.91. The minimum absolute atomic E-state index is 0.574. The monoisotopic (exact) mass is 222 g/mol. The van der Waals surface area contributed by atoms with E-state index in [2.05, 4.69) is 19.1 Å². The maximum absolute atomic E-state index is 10.3. The van der Waals surface area contributed by atoms with Crippen molar-refractivity contribution in [1.82, 2.24) is 0 Å². The smallest absolute Gasteiger partial charge is 0.0890 e. The molecule has 0 aliphatic rings. The van der Waals surface area contributed by atoms with E-state index in [0.29, 0.717) is 13.0 Å². The van der Waals surface area contributed by atoms with Crippen LogP contribution in [0.25, 0.3) is 0 Å². The zero-order valence-electron chi connectivity index (χ0n) is 10.5. The molecule has 2 heteroatoms. The van der Waals surface area contributed by atoms with Crippen molar-refractivity contribution in [3.05, 3.63) is 35.4 Å². The summed E-state index contributed by atoms with van der Waals surface area (Å²) in [5, 5.41) is 10.3. The molecule has 90 valence electrons.